The van der Waals surface area contributed by atoms with Gasteiger partial charge in [-0.25, -0.2) is 0 Å². The summed E-state index contributed by atoms with van der Waals surface area (Å²) in [5, 5.41) is 6.40. The van der Waals surface area contributed by atoms with E-state index in [1.54, 1.807) is 0 Å². The topological polar surface area (TPSA) is 24.1 Å². The molecule has 0 amide bonds. The van der Waals surface area contributed by atoms with E-state index in [0.29, 0.717) is 0 Å². The molecule has 11 heavy (non-hydrogen) atoms. The van der Waals surface area contributed by atoms with E-state index in [4.69, 9.17) is 0 Å². The summed E-state index contributed by atoms with van der Waals surface area (Å²) in [5.74, 6) is 0. The number of rotatable bonds is 0. The minimum Gasteiger partial charge on any atom is -0.317 e. The maximum absolute atomic E-state index is 3.28. The molecule has 0 aromatic carbocycles. The molecule has 0 aliphatic carbocycles. The highest BCUT2D eigenvalue weighted by Crippen LogP contribution is 1.96. The summed E-state index contributed by atoms with van der Waals surface area (Å²) < 4.78 is 0. The van der Waals surface area contributed by atoms with Crippen LogP contribution < -0.4 is 10.6 Å². The second-order valence-electron chi connectivity index (χ2n) is 2.94. The minimum absolute atomic E-state index is 1.07. The molecule has 0 radical (unpaired) electrons. The summed E-state index contributed by atoms with van der Waals surface area (Å²) in [6, 6.07) is 0. The van der Waals surface area contributed by atoms with E-state index >= 15 is 0 Å². The zero-order valence-electron chi connectivity index (χ0n) is 7.10. The Hall–Kier alpha value is -0.340. The molecule has 64 valence electrons. The Balaban J connectivity index is 0.000000112. The van der Waals surface area contributed by atoms with Crippen LogP contribution in [-0.2, 0) is 0 Å². The van der Waals surface area contributed by atoms with Crippen LogP contribution in [0, 0.1) is 0 Å². The summed E-state index contributed by atoms with van der Waals surface area (Å²) >= 11 is 0. The highest BCUT2D eigenvalue weighted by molar-refractivity contribution is 4.92. The molecular weight excluding hydrogens is 136 g/mol. The van der Waals surface area contributed by atoms with E-state index in [0.717, 1.165) is 13.1 Å². The molecule has 1 saturated heterocycles. The molecule has 2 rings (SSSR count). The van der Waals surface area contributed by atoms with Crippen LogP contribution in [0.25, 0.3) is 0 Å². The lowest BCUT2D eigenvalue weighted by Gasteiger charge is -2.08. The fourth-order valence-corrected chi connectivity index (χ4v) is 1.22. The monoisotopic (exact) mass is 154 g/mol. The van der Waals surface area contributed by atoms with Gasteiger partial charge in [0.05, 0.1) is 0 Å². The summed E-state index contributed by atoms with van der Waals surface area (Å²) in [5.41, 5.74) is 0. The third-order valence-corrected chi connectivity index (χ3v) is 1.90. The summed E-state index contributed by atoms with van der Waals surface area (Å²) in [4.78, 5) is 0. The second-order valence-corrected chi connectivity index (χ2v) is 2.94. The van der Waals surface area contributed by atoms with Crippen LogP contribution in [0.15, 0.2) is 12.2 Å². The average molecular weight is 154 g/mol. The summed E-state index contributed by atoms with van der Waals surface area (Å²) in [6.07, 6.45) is 8.47. The largest absolute Gasteiger partial charge is 0.317 e. The number of piperidine rings is 1. The number of hydrogen-bond donors (Lipinski definition) is 2. The number of hydrogen-bond acceptors (Lipinski definition) is 2. The van der Waals surface area contributed by atoms with Crippen LogP contribution in [0.1, 0.15) is 19.3 Å². The smallest absolute Gasteiger partial charge is 0.0138 e. The van der Waals surface area contributed by atoms with Gasteiger partial charge < -0.3 is 10.6 Å². The Morgan fingerprint density at radius 2 is 1.36 bits per heavy atom. The van der Waals surface area contributed by atoms with Crippen molar-refractivity contribution in [2.24, 2.45) is 0 Å². The van der Waals surface area contributed by atoms with Gasteiger partial charge in [-0.2, -0.15) is 0 Å². The minimum atomic E-state index is 1.07. The van der Waals surface area contributed by atoms with Crippen LogP contribution in [0.5, 0.6) is 0 Å². The van der Waals surface area contributed by atoms with Crippen LogP contribution in [-0.4, -0.2) is 26.2 Å². The van der Waals surface area contributed by atoms with Crippen LogP contribution in [0.3, 0.4) is 0 Å². The van der Waals surface area contributed by atoms with Gasteiger partial charge in [0.2, 0.25) is 0 Å². The predicted molar refractivity (Wildman–Crippen MR) is 48.7 cm³/mol. The molecule has 0 unspecified atom stereocenters. The van der Waals surface area contributed by atoms with Gasteiger partial charge in [-0.3, -0.25) is 0 Å². The van der Waals surface area contributed by atoms with Crippen molar-refractivity contribution in [2.75, 3.05) is 26.2 Å². The van der Waals surface area contributed by atoms with Crippen molar-refractivity contribution in [3.05, 3.63) is 12.2 Å². The maximum Gasteiger partial charge on any atom is 0.0138 e. The molecular formula is C9H18N2. The van der Waals surface area contributed by atoms with E-state index < -0.39 is 0 Å². The van der Waals surface area contributed by atoms with Gasteiger partial charge in [-0.05, 0) is 25.9 Å². The van der Waals surface area contributed by atoms with E-state index in [2.05, 4.69) is 22.8 Å². The highest BCUT2D eigenvalue weighted by Gasteiger charge is 1.93. The van der Waals surface area contributed by atoms with E-state index in [9.17, 15) is 0 Å². The third kappa shape index (κ3) is 4.99. The summed E-state index contributed by atoms with van der Waals surface area (Å²) in [7, 11) is 0. The molecule has 0 aromatic rings. The van der Waals surface area contributed by atoms with Gasteiger partial charge >= 0.3 is 0 Å². The first-order valence-electron chi connectivity index (χ1n) is 4.56. The van der Waals surface area contributed by atoms with Gasteiger partial charge in [-0.15, -0.1) is 0 Å². The summed E-state index contributed by atoms with van der Waals surface area (Å²) in [6.45, 7) is 4.64. The molecule has 0 atom stereocenters. The lowest BCUT2D eigenvalue weighted by atomic mass is 10.2. The van der Waals surface area contributed by atoms with E-state index in [1.165, 1.54) is 32.4 Å². The van der Waals surface area contributed by atoms with Gasteiger partial charge in [0.25, 0.3) is 0 Å². The zero-order chi connectivity index (χ0) is 7.78. The predicted octanol–water partition coefficient (Wildman–Crippen LogP) is 0.906. The first kappa shape index (κ1) is 8.75. The Kier molecular flexibility index (Phi) is 5.07. The van der Waals surface area contributed by atoms with Gasteiger partial charge in [0.1, 0.15) is 0 Å². The molecule has 0 aromatic heterocycles. The fourth-order valence-electron chi connectivity index (χ4n) is 1.22. The molecule has 0 saturated carbocycles. The molecule has 2 aliphatic rings. The van der Waals surface area contributed by atoms with Crippen LogP contribution in [0.4, 0.5) is 0 Å². The van der Waals surface area contributed by atoms with Gasteiger partial charge in [0.15, 0.2) is 0 Å². The molecule has 2 heterocycles. The fraction of sp³-hybridized carbons (Fsp3) is 0.778. The Labute approximate surface area is 69.1 Å². The van der Waals surface area contributed by atoms with Crippen LogP contribution >= 0.6 is 0 Å². The standard InChI is InChI=1S/C5H11N.C4H7N/c1-2-4-6-5-3-1;1-2-4-5-3-1/h6H,1-5H2;1-2,5H,3-4H2. The van der Waals surface area contributed by atoms with E-state index in [1.807, 2.05) is 0 Å². The van der Waals surface area contributed by atoms with Crippen molar-refractivity contribution in [3.63, 3.8) is 0 Å². The molecule has 2 aliphatic heterocycles. The van der Waals surface area contributed by atoms with Crippen molar-refractivity contribution in [1.82, 2.24) is 10.6 Å². The zero-order valence-corrected chi connectivity index (χ0v) is 7.10. The molecule has 1 fully saturated rings. The average Bonchev–Trinajstić information content (AvgIpc) is 2.64. The second kappa shape index (κ2) is 6.38. The SMILES string of the molecule is C1=CCNC1.C1CCNCC1. The van der Waals surface area contributed by atoms with Crippen molar-refractivity contribution < 1.29 is 0 Å². The molecule has 0 bridgehead atoms. The molecule has 2 heteroatoms. The Morgan fingerprint density at radius 3 is 1.55 bits per heavy atom. The number of nitrogens with one attached hydrogen (secondary N) is 2. The van der Waals surface area contributed by atoms with Crippen molar-refractivity contribution in [3.8, 4) is 0 Å². The lowest BCUT2D eigenvalue weighted by molar-refractivity contribution is 0.520. The van der Waals surface area contributed by atoms with Crippen molar-refractivity contribution >= 4 is 0 Å². The molecule has 2 nitrogen and oxygen atoms in total. The van der Waals surface area contributed by atoms with Crippen molar-refractivity contribution in [1.29, 1.82) is 0 Å². The highest BCUT2D eigenvalue weighted by atomic mass is 14.9. The van der Waals surface area contributed by atoms with Gasteiger partial charge in [-0.1, -0.05) is 18.6 Å². The van der Waals surface area contributed by atoms with Gasteiger partial charge in [0, 0.05) is 13.1 Å². The molecule has 0 spiro atoms. The normalized spacial score (nSPS) is 22.5. The first-order chi connectivity index (χ1) is 5.50. The Morgan fingerprint density at radius 1 is 0.727 bits per heavy atom. The Bertz CT molecular complexity index is 88.6. The van der Waals surface area contributed by atoms with Crippen molar-refractivity contribution in [2.45, 2.75) is 19.3 Å². The quantitative estimate of drug-likeness (QED) is 0.507. The molecule has 2 N–H and O–H groups in total. The van der Waals surface area contributed by atoms with Crippen LogP contribution in [0.2, 0.25) is 0 Å². The third-order valence-electron chi connectivity index (χ3n) is 1.90. The lowest BCUT2D eigenvalue weighted by Crippen LogP contribution is -2.21. The first-order valence-corrected chi connectivity index (χ1v) is 4.56. The maximum atomic E-state index is 3.28. The van der Waals surface area contributed by atoms with E-state index in [-0.39, 0.29) is 0 Å².